The summed E-state index contributed by atoms with van der Waals surface area (Å²) in [5.41, 5.74) is -0.675. The van der Waals surface area contributed by atoms with E-state index in [1.54, 1.807) is 6.07 Å². The van der Waals surface area contributed by atoms with Gasteiger partial charge in [-0.3, -0.25) is 10.1 Å². The number of hydrogen-bond donors (Lipinski definition) is 0. The van der Waals surface area contributed by atoms with Crippen molar-refractivity contribution in [3.05, 3.63) is 48.6 Å². The Kier molecular flexibility index (Phi) is 2.43. The van der Waals surface area contributed by atoms with Crippen molar-refractivity contribution in [3.63, 3.8) is 0 Å². The smallest absolute Gasteiger partial charge is 0.343 e. The van der Waals surface area contributed by atoms with E-state index in [9.17, 15) is 14.9 Å². The average molecular weight is 317 g/mol. The minimum atomic E-state index is -0.561. The standard InChI is InChI=1S/C9H4INO4/c10-8-4-15-9(12)7-3-5(11(13)14)1-2-6(7)8/h1-4H. The van der Waals surface area contributed by atoms with Gasteiger partial charge < -0.3 is 4.42 Å². The molecule has 0 atom stereocenters. The van der Waals surface area contributed by atoms with Gasteiger partial charge in [0.15, 0.2) is 0 Å². The summed E-state index contributed by atoms with van der Waals surface area (Å²) in [4.78, 5) is 21.3. The van der Waals surface area contributed by atoms with Crippen LogP contribution in [0.4, 0.5) is 5.69 Å². The van der Waals surface area contributed by atoms with Crippen LogP contribution in [-0.2, 0) is 0 Å². The molecule has 0 bridgehead atoms. The maximum atomic E-state index is 11.3. The zero-order chi connectivity index (χ0) is 11.0. The minimum Gasteiger partial charge on any atom is -0.430 e. The molecule has 76 valence electrons. The first-order chi connectivity index (χ1) is 7.09. The van der Waals surface area contributed by atoms with Crippen LogP contribution in [0, 0.1) is 13.7 Å². The van der Waals surface area contributed by atoms with Crippen LogP contribution in [0.2, 0.25) is 0 Å². The Hall–Kier alpha value is -1.44. The maximum Gasteiger partial charge on any atom is 0.343 e. The van der Waals surface area contributed by atoms with E-state index >= 15 is 0 Å². The Balaban J connectivity index is 2.87. The molecule has 0 spiro atoms. The third kappa shape index (κ3) is 1.72. The second kappa shape index (κ2) is 3.61. The fourth-order valence-corrected chi connectivity index (χ4v) is 1.85. The molecule has 1 aromatic heterocycles. The second-order valence-electron chi connectivity index (χ2n) is 2.86. The highest BCUT2D eigenvalue weighted by atomic mass is 127. The van der Waals surface area contributed by atoms with Crippen molar-refractivity contribution in [2.45, 2.75) is 0 Å². The molecule has 0 saturated heterocycles. The van der Waals surface area contributed by atoms with E-state index in [4.69, 9.17) is 4.42 Å². The SMILES string of the molecule is O=c1occ(I)c2ccc([N+](=O)[O-])cc12. The van der Waals surface area contributed by atoms with Gasteiger partial charge in [-0.1, -0.05) is 0 Å². The molecule has 5 nitrogen and oxygen atoms in total. The van der Waals surface area contributed by atoms with Crippen LogP contribution >= 0.6 is 22.6 Å². The quantitative estimate of drug-likeness (QED) is 0.459. The number of nitro benzene ring substituents is 1. The predicted octanol–water partition coefficient (Wildman–Crippen LogP) is 2.31. The lowest BCUT2D eigenvalue weighted by atomic mass is 10.2. The van der Waals surface area contributed by atoms with Crippen LogP contribution in [0.25, 0.3) is 10.8 Å². The van der Waals surface area contributed by atoms with E-state index < -0.39 is 10.5 Å². The van der Waals surface area contributed by atoms with Gasteiger partial charge in [0.25, 0.3) is 5.69 Å². The highest BCUT2D eigenvalue weighted by molar-refractivity contribution is 14.1. The first-order valence-corrected chi connectivity index (χ1v) is 5.03. The van der Waals surface area contributed by atoms with E-state index in [0.717, 1.165) is 3.57 Å². The van der Waals surface area contributed by atoms with Gasteiger partial charge in [0.1, 0.15) is 6.26 Å². The second-order valence-corrected chi connectivity index (χ2v) is 4.02. The summed E-state index contributed by atoms with van der Waals surface area (Å²) in [7, 11) is 0. The minimum absolute atomic E-state index is 0.114. The number of halogens is 1. The number of fused-ring (bicyclic) bond motifs is 1. The van der Waals surface area contributed by atoms with Crippen LogP contribution in [0.1, 0.15) is 0 Å². The van der Waals surface area contributed by atoms with Crippen LogP contribution in [0.3, 0.4) is 0 Å². The molecule has 2 rings (SSSR count). The van der Waals surface area contributed by atoms with Gasteiger partial charge in [-0.2, -0.15) is 0 Å². The van der Waals surface area contributed by atoms with Crippen LogP contribution < -0.4 is 5.63 Å². The molecular weight excluding hydrogens is 313 g/mol. The van der Waals surface area contributed by atoms with Crippen LogP contribution in [0.5, 0.6) is 0 Å². The number of hydrogen-bond acceptors (Lipinski definition) is 4. The molecule has 2 aromatic rings. The Morgan fingerprint density at radius 1 is 1.33 bits per heavy atom. The summed E-state index contributed by atoms with van der Waals surface area (Å²) in [6.07, 6.45) is 1.33. The van der Waals surface area contributed by atoms with Crippen LogP contribution in [-0.4, -0.2) is 4.92 Å². The lowest BCUT2D eigenvalue weighted by Gasteiger charge is -1.97. The van der Waals surface area contributed by atoms with Crippen molar-refractivity contribution in [2.75, 3.05) is 0 Å². The van der Waals surface area contributed by atoms with Crippen molar-refractivity contribution >= 4 is 39.1 Å². The Morgan fingerprint density at radius 2 is 2.07 bits per heavy atom. The highest BCUT2D eigenvalue weighted by Crippen LogP contribution is 2.22. The molecule has 0 aliphatic rings. The summed E-state index contributed by atoms with van der Waals surface area (Å²) in [6, 6.07) is 4.14. The maximum absolute atomic E-state index is 11.3. The van der Waals surface area contributed by atoms with Gasteiger partial charge in [-0.25, -0.2) is 4.79 Å². The number of non-ortho nitro benzene ring substituents is 1. The van der Waals surface area contributed by atoms with Gasteiger partial charge in [0.2, 0.25) is 0 Å². The van der Waals surface area contributed by atoms with E-state index in [1.165, 1.54) is 18.4 Å². The molecule has 0 saturated carbocycles. The number of nitrogens with zero attached hydrogens (tertiary/aromatic N) is 1. The summed E-state index contributed by atoms with van der Waals surface area (Å²) < 4.78 is 5.47. The van der Waals surface area contributed by atoms with Crippen molar-refractivity contribution in [1.82, 2.24) is 0 Å². The summed E-state index contributed by atoms with van der Waals surface area (Å²) in [6.45, 7) is 0. The molecule has 6 heteroatoms. The van der Waals surface area contributed by atoms with E-state index in [0.29, 0.717) is 5.39 Å². The molecule has 0 fully saturated rings. The van der Waals surface area contributed by atoms with E-state index in [-0.39, 0.29) is 11.1 Å². The highest BCUT2D eigenvalue weighted by Gasteiger charge is 2.10. The van der Waals surface area contributed by atoms with Gasteiger partial charge in [0.05, 0.1) is 13.9 Å². The molecule has 0 amide bonds. The average Bonchev–Trinajstić information content (AvgIpc) is 2.23. The molecule has 0 aliphatic carbocycles. The first-order valence-electron chi connectivity index (χ1n) is 3.95. The summed E-state index contributed by atoms with van der Waals surface area (Å²) in [5, 5.41) is 11.4. The molecule has 0 aliphatic heterocycles. The van der Waals surface area contributed by atoms with Gasteiger partial charge >= 0.3 is 5.63 Å². The Bertz CT molecular complexity index is 605. The predicted molar refractivity (Wildman–Crippen MR) is 61.9 cm³/mol. The van der Waals surface area contributed by atoms with E-state index in [2.05, 4.69) is 0 Å². The molecular formula is C9H4INO4. The van der Waals surface area contributed by atoms with Crippen molar-refractivity contribution < 1.29 is 9.34 Å². The Labute approximate surface area is 97.0 Å². The van der Waals surface area contributed by atoms with Gasteiger partial charge in [-0.15, -0.1) is 0 Å². The largest absolute Gasteiger partial charge is 0.430 e. The topological polar surface area (TPSA) is 73.3 Å². The summed E-state index contributed by atoms with van der Waals surface area (Å²) in [5.74, 6) is 0. The Morgan fingerprint density at radius 3 is 2.73 bits per heavy atom. The zero-order valence-corrected chi connectivity index (χ0v) is 9.43. The molecule has 1 heterocycles. The van der Waals surface area contributed by atoms with Crippen molar-refractivity contribution in [3.8, 4) is 0 Å². The number of benzene rings is 1. The van der Waals surface area contributed by atoms with Crippen LogP contribution in [0.15, 0.2) is 33.7 Å². The fourth-order valence-electron chi connectivity index (χ4n) is 1.26. The zero-order valence-electron chi connectivity index (χ0n) is 7.27. The number of rotatable bonds is 1. The van der Waals surface area contributed by atoms with Gasteiger partial charge in [0, 0.05) is 17.5 Å². The van der Waals surface area contributed by atoms with Crippen molar-refractivity contribution in [2.24, 2.45) is 0 Å². The lowest BCUT2D eigenvalue weighted by Crippen LogP contribution is -2.00. The fraction of sp³-hybridized carbons (Fsp3) is 0. The van der Waals surface area contributed by atoms with E-state index in [1.807, 2.05) is 22.6 Å². The monoisotopic (exact) mass is 317 g/mol. The van der Waals surface area contributed by atoms with Gasteiger partial charge in [-0.05, 0) is 28.7 Å². The normalized spacial score (nSPS) is 10.5. The first kappa shape index (κ1) is 10.1. The number of nitro groups is 1. The third-order valence-corrected chi connectivity index (χ3v) is 2.80. The molecule has 0 unspecified atom stereocenters. The lowest BCUT2D eigenvalue weighted by molar-refractivity contribution is -0.384. The third-order valence-electron chi connectivity index (χ3n) is 1.96. The molecule has 0 radical (unpaired) electrons. The molecule has 1 aromatic carbocycles. The molecule has 15 heavy (non-hydrogen) atoms. The summed E-state index contributed by atoms with van der Waals surface area (Å²) >= 11 is 2.00. The van der Waals surface area contributed by atoms with Crippen molar-refractivity contribution in [1.29, 1.82) is 0 Å². The molecule has 0 N–H and O–H groups in total.